The van der Waals surface area contributed by atoms with Crippen LogP contribution in [0.25, 0.3) is 0 Å². The van der Waals surface area contributed by atoms with Gasteiger partial charge in [-0.05, 0) is 37.2 Å². The molecule has 0 spiro atoms. The van der Waals surface area contributed by atoms with Crippen LogP contribution in [0.15, 0.2) is 48.5 Å². The Hall–Kier alpha value is -2.60. The number of ether oxygens (including phenoxy) is 2. The van der Waals surface area contributed by atoms with Crippen molar-refractivity contribution in [2.45, 2.75) is 13.3 Å². The second-order valence-corrected chi connectivity index (χ2v) is 5.80. The predicted octanol–water partition coefficient (Wildman–Crippen LogP) is 3.56. The van der Waals surface area contributed by atoms with E-state index in [0.717, 1.165) is 13.0 Å². The van der Waals surface area contributed by atoms with Crippen LogP contribution in [-0.2, 0) is 4.79 Å². The summed E-state index contributed by atoms with van der Waals surface area (Å²) in [5.41, 5.74) is 0.638. The normalized spacial score (nSPS) is 10.6. The number of nitrogens with zero attached hydrogens (tertiary/aromatic N) is 1. The third-order valence-corrected chi connectivity index (χ3v) is 3.79. The number of nitrogens with one attached hydrogen (secondary N) is 1. The molecule has 0 aliphatic rings. The summed E-state index contributed by atoms with van der Waals surface area (Å²) in [5, 5.41) is 2.86. The van der Waals surface area contributed by atoms with Gasteiger partial charge in [-0.15, -0.1) is 0 Å². The van der Waals surface area contributed by atoms with Gasteiger partial charge in [0.2, 0.25) is 5.91 Å². The fraction of sp³-hybridized carbons (Fsp3) is 0.350. The Labute approximate surface area is 153 Å². The number of para-hydroxylation sites is 3. The van der Waals surface area contributed by atoms with Gasteiger partial charge < -0.3 is 14.8 Å². The molecular weight excluding hydrogens is 335 g/mol. The molecule has 0 fully saturated rings. The van der Waals surface area contributed by atoms with Crippen LogP contribution < -0.4 is 14.8 Å². The quantitative estimate of drug-likeness (QED) is 0.704. The lowest BCUT2D eigenvalue weighted by Crippen LogP contribution is -2.36. The maximum Gasteiger partial charge on any atom is 0.238 e. The van der Waals surface area contributed by atoms with Crippen molar-refractivity contribution in [1.82, 2.24) is 4.90 Å². The molecule has 2 rings (SSSR count). The molecule has 2 aromatic carbocycles. The standard InChI is InChI=1S/C20H25FN2O3/c1-3-12-23(13-14-26-18-10-6-4-8-16(18)21)15-20(24)22-17-9-5-7-11-19(17)25-2/h4-11H,3,12-15H2,1-2H3,(H,22,24). The number of methoxy groups -OCH3 is 1. The molecule has 2 aromatic rings. The average Bonchev–Trinajstić information content (AvgIpc) is 2.64. The van der Waals surface area contributed by atoms with Crippen molar-refractivity contribution in [2.75, 3.05) is 38.7 Å². The fourth-order valence-electron chi connectivity index (χ4n) is 2.57. The molecule has 0 saturated carbocycles. The van der Waals surface area contributed by atoms with Crippen LogP contribution in [0.3, 0.4) is 0 Å². The number of anilines is 1. The molecule has 1 N–H and O–H groups in total. The van der Waals surface area contributed by atoms with E-state index >= 15 is 0 Å². The molecule has 0 aliphatic heterocycles. The highest BCUT2D eigenvalue weighted by Gasteiger charge is 2.12. The van der Waals surface area contributed by atoms with Gasteiger partial charge in [-0.1, -0.05) is 31.2 Å². The highest BCUT2D eigenvalue weighted by atomic mass is 19.1. The summed E-state index contributed by atoms with van der Waals surface area (Å²) >= 11 is 0. The van der Waals surface area contributed by atoms with Crippen LogP contribution in [0.2, 0.25) is 0 Å². The summed E-state index contributed by atoms with van der Waals surface area (Å²) in [6.45, 7) is 3.86. The van der Waals surface area contributed by atoms with Crippen LogP contribution in [0.1, 0.15) is 13.3 Å². The van der Waals surface area contributed by atoms with Gasteiger partial charge in [-0.25, -0.2) is 4.39 Å². The van der Waals surface area contributed by atoms with Gasteiger partial charge >= 0.3 is 0 Å². The number of hydrogen-bond acceptors (Lipinski definition) is 4. The van der Waals surface area contributed by atoms with Gasteiger partial charge in [-0.3, -0.25) is 9.69 Å². The number of carbonyl (C=O) groups is 1. The lowest BCUT2D eigenvalue weighted by atomic mass is 10.3. The fourth-order valence-corrected chi connectivity index (χ4v) is 2.57. The van der Waals surface area contributed by atoms with Crippen molar-refractivity contribution in [2.24, 2.45) is 0 Å². The van der Waals surface area contributed by atoms with Crippen molar-refractivity contribution in [1.29, 1.82) is 0 Å². The highest BCUT2D eigenvalue weighted by Crippen LogP contribution is 2.22. The number of hydrogen-bond donors (Lipinski definition) is 1. The Kier molecular flexibility index (Phi) is 7.89. The SMILES string of the molecule is CCCN(CCOc1ccccc1F)CC(=O)Nc1ccccc1OC. The zero-order valence-electron chi connectivity index (χ0n) is 15.2. The van der Waals surface area contributed by atoms with Gasteiger partial charge in [0.25, 0.3) is 0 Å². The molecule has 5 nitrogen and oxygen atoms in total. The lowest BCUT2D eigenvalue weighted by molar-refractivity contribution is -0.117. The summed E-state index contributed by atoms with van der Waals surface area (Å²) in [6, 6.07) is 13.6. The first kappa shape index (κ1) is 19.7. The van der Waals surface area contributed by atoms with E-state index in [2.05, 4.69) is 5.32 Å². The number of rotatable bonds is 10. The highest BCUT2D eigenvalue weighted by molar-refractivity contribution is 5.93. The molecule has 0 saturated heterocycles. The lowest BCUT2D eigenvalue weighted by Gasteiger charge is -2.21. The molecule has 140 valence electrons. The van der Waals surface area contributed by atoms with E-state index in [1.165, 1.54) is 6.07 Å². The van der Waals surface area contributed by atoms with Crippen molar-refractivity contribution in [3.63, 3.8) is 0 Å². The average molecular weight is 360 g/mol. The minimum absolute atomic E-state index is 0.131. The van der Waals surface area contributed by atoms with Crippen LogP contribution in [0, 0.1) is 5.82 Å². The molecule has 0 aliphatic carbocycles. The molecule has 26 heavy (non-hydrogen) atoms. The number of benzene rings is 2. The first-order chi connectivity index (χ1) is 12.6. The third kappa shape index (κ3) is 6.04. The molecular formula is C20H25FN2O3. The van der Waals surface area contributed by atoms with Crippen molar-refractivity contribution >= 4 is 11.6 Å². The monoisotopic (exact) mass is 360 g/mol. The second kappa shape index (κ2) is 10.4. The van der Waals surface area contributed by atoms with E-state index in [1.54, 1.807) is 37.4 Å². The third-order valence-electron chi connectivity index (χ3n) is 3.79. The summed E-state index contributed by atoms with van der Waals surface area (Å²) in [5.74, 6) is 0.325. The maximum atomic E-state index is 13.6. The predicted molar refractivity (Wildman–Crippen MR) is 100 cm³/mol. The largest absolute Gasteiger partial charge is 0.495 e. The van der Waals surface area contributed by atoms with Gasteiger partial charge in [0.05, 0.1) is 19.3 Å². The van der Waals surface area contributed by atoms with E-state index in [0.29, 0.717) is 24.6 Å². The molecule has 1 amide bonds. The smallest absolute Gasteiger partial charge is 0.238 e. The molecule has 0 bridgehead atoms. The number of amides is 1. The minimum Gasteiger partial charge on any atom is -0.495 e. The van der Waals surface area contributed by atoms with E-state index in [4.69, 9.17) is 9.47 Å². The minimum atomic E-state index is -0.386. The summed E-state index contributed by atoms with van der Waals surface area (Å²) in [6.07, 6.45) is 0.904. The first-order valence-corrected chi connectivity index (χ1v) is 8.66. The van der Waals surface area contributed by atoms with Crippen molar-refractivity contribution in [3.05, 3.63) is 54.3 Å². The Morgan fingerprint density at radius 3 is 2.46 bits per heavy atom. The van der Waals surface area contributed by atoms with Crippen molar-refractivity contribution in [3.8, 4) is 11.5 Å². The van der Waals surface area contributed by atoms with Gasteiger partial charge in [0, 0.05) is 6.54 Å². The number of carbonyl (C=O) groups excluding carboxylic acids is 1. The molecule has 0 aromatic heterocycles. The molecule has 0 heterocycles. The van der Waals surface area contributed by atoms with Crippen LogP contribution >= 0.6 is 0 Å². The van der Waals surface area contributed by atoms with E-state index < -0.39 is 0 Å². The summed E-state index contributed by atoms with van der Waals surface area (Å²) in [4.78, 5) is 14.3. The number of halogens is 1. The topological polar surface area (TPSA) is 50.8 Å². The molecule has 0 unspecified atom stereocenters. The summed E-state index contributed by atoms with van der Waals surface area (Å²) in [7, 11) is 1.56. The van der Waals surface area contributed by atoms with Crippen LogP contribution in [0.5, 0.6) is 11.5 Å². The molecule has 6 heteroatoms. The van der Waals surface area contributed by atoms with Gasteiger partial charge in [0.15, 0.2) is 11.6 Å². The first-order valence-electron chi connectivity index (χ1n) is 8.66. The van der Waals surface area contributed by atoms with E-state index in [9.17, 15) is 9.18 Å². The Bertz CT molecular complexity index is 709. The van der Waals surface area contributed by atoms with Crippen molar-refractivity contribution < 1.29 is 18.7 Å². The Morgan fingerprint density at radius 1 is 1.08 bits per heavy atom. The Morgan fingerprint density at radius 2 is 1.77 bits per heavy atom. The summed E-state index contributed by atoms with van der Waals surface area (Å²) < 4.78 is 24.3. The van der Waals surface area contributed by atoms with E-state index in [1.807, 2.05) is 24.0 Å². The maximum absolute atomic E-state index is 13.6. The zero-order chi connectivity index (χ0) is 18.8. The van der Waals surface area contributed by atoms with Gasteiger partial charge in [-0.2, -0.15) is 0 Å². The van der Waals surface area contributed by atoms with Crippen LogP contribution in [-0.4, -0.2) is 44.2 Å². The van der Waals surface area contributed by atoms with E-state index in [-0.39, 0.29) is 24.0 Å². The second-order valence-electron chi connectivity index (χ2n) is 5.80. The van der Waals surface area contributed by atoms with Crippen LogP contribution in [0.4, 0.5) is 10.1 Å². The van der Waals surface area contributed by atoms with Gasteiger partial charge in [0.1, 0.15) is 12.4 Å². The Balaban J connectivity index is 1.86. The molecule has 0 radical (unpaired) electrons. The zero-order valence-corrected chi connectivity index (χ0v) is 15.2. The molecule has 0 atom stereocenters.